The molecule has 110 valence electrons. The molecule has 1 aromatic rings. The average molecular weight is 295 g/mol. The summed E-state index contributed by atoms with van der Waals surface area (Å²) in [6.07, 6.45) is 4.19. The summed E-state index contributed by atoms with van der Waals surface area (Å²) < 4.78 is 28.6. The lowest BCUT2D eigenvalue weighted by Crippen LogP contribution is -2.41. The standard InChI is InChI=1S/C14H21N3O2S/c15-14-6-5-12-10-17(11-13(12)9-14)20(18,19)16-7-3-1-2-4-8-16/h5-6,9H,1-4,7-8,10-11,15H2. The summed E-state index contributed by atoms with van der Waals surface area (Å²) in [4.78, 5) is 0. The molecule has 1 fully saturated rings. The van der Waals surface area contributed by atoms with Crippen molar-refractivity contribution >= 4 is 15.9 Å². The van der Waals surface area contributed by atoms with Crippen molar-refractivity contribution in [1.82, 2.24) is 8.61 Å². The van der Waals surface area contributed by atoms with E-state index in [9.17, 15) is 8.42 Å². The van der Waals surface area contributed by atoms with Crippen molar-refractivity contribution in [3.05, 3.63) is 29.3 Å². The molecule has 1 aromatic carbocycles. The number of nitrogens with two attached hydrogens (primary N) is 1. The second-order valence-corrected chi connectivity index (χ2v) is 7.55. The fourth-order valence-corrected chi connectivity index (χ4v) is 4.63. The number of hydrogen-bond donors (Lipinski definition) is 1. The first-order chi connectivity index (χ1) is 9.57. The minimum absolute atomic E-state index is 0.444. The maximum Gasteiger partial charge on any atom is 0.282 e. The molecule has 5 nitrogen and oxygen atoms in total. The second kappa shape index (κ2) is 5.35. The summed E-state index contributed by atoms with van der Waals surface area (Å²) in [6.45, 7) is 2.21. The summed E-state index contributed by atoms with van der Waals surface area (Å²) in [5.74, 6) is 0. The fraction of sp³-hybridized carbons (Fsp3) is 0.571. The molecule has 0 amide bonds. The number of nitrogen functional groups attached to an aromatic ring is 1. The number of rotatable bonds is 2. The van der Waals surface area contributed by atoms with Crippen LogP contribution in [0.3, 0.4) is 0 Å². The van der Waals surface area contributed by atoms with Gasteiger partial charge in [0.05, 0.1) is 0 Å². The van der Waals surface area contributed by atoms with E-state index >= 15 is 0 Å². The Hall–Kier alpha value is -1.11. The van der Waals surface area contributed by atoms with E-state index in [2.05, 4.69) is 0 Å². The van der Waals surface area contributed by atoms with Crippen molar-refractivity contribution in [2.24, 2.45) is 0 Å². The topological polar surface area (TPSA) is 66.6 Å². The number of anilines is 1. The van der Waals surface area contributed by atoms with Gasteiger partial charge in [0, 0.05) is 31.9 Å². The number of nitrogens with zero attached hydrogens (tertiary/aromatic N) is 2. The number of benzene rings is 1. The van der Waals surface area contributed by atoms with Crippen LogP contribution in [0.1, 0.15) is 36.8 Å². The first kappa shape index (κ1) is 13.9. The predicted octanol–water partition coefficient (Wildman–Crippen LogP) is 1.71. The van der Waals surface area contributed by atoms with E-state index in [-0.39, 0.29) is 0 Å². The van der Waals surface area contributed by atoms with Crippen LogP contribution in [-0.4, -0.2) is 30.1 Å². The molecular weight excluding hydrogens is 274 g/mol. The van der Waals surface area contributed by atoms with Crippen molar-refractivity contribution in [3.8, 4) is 0 Å². The Kier molecular flexibility index (Phi) is 3.70. The smallest absolute Gasteiger partial charge is 0.282 e. The highest BCUT2D eigenvalue weighted by atomic mass is 32.2. The maximum absolute atomic E-state index is 12.7. The van der Waals surface area contributed by atoms with Crippen LogP contribution < -0.4 is 5.73 Å². The van der Waals surface area contributed by atoms with E-state index in [0.717, 1.165) is 36.8 Å². The number of fused-ring (bicyclic) bond motifs is 1. The van der Waals surface area contributed by atoms with Crippen molar-refractivity contribution in [1.29, 1.82) is 0 Å². The van der Waals surface area contributed by atoms with Crippen LogP contribution in [0.4, 0.5) is 5.69 Å². The molecule has 0 aliphatic carbocycles. The van der Waals surface area contributed by atoms with Gasteiger partial charge in [-0.15, -0.1) is 0 Å². The second-order valence-electron chi connectivity index (χ2n) is 5.62. The SMILES string of the molecule is Nc1ccc2c(c1)CN(S(=O)(=O)N1CCCCCC1)C2. The molecule has 0 bridgehead atoms. The molecule has 2 aliphatic rings. The average Bonchev–Trinajstić information content (AvgIpc) is 2.65. The first-order valence-electron chi connectivity index (χ1n) is 7.20. The normalized spacial score (nSPS) is 21.6. The van der Waals surface area contributed by atoms with Crippen LogP contribution >= 0.6 is 0 Å². The van der Waals surface area contributed by atoms with E-state index in [4.69, 9.17) is 5.73 Å². The van der Waals surface area contributed by atoms with Gasteiger partial charge in [-0.05, 0) is 36.1 Å². The van der Waals surface area contributed by atoms with Gasteiger partial charge in [-0.1, -0.05) is 18.9 Å². The van der Waals surface area contributed by atoms with Crippen LogP contribution in [0.25, 0.3) is 0 Å². The Bertz CT molecular complexity index is 592. The van der Waals surface area contributed by atoms with Gasteiger partial charge in [0.25, 0.3) is 10.2 Å². The van der Waals surface area contributed by atoms with Gasteiger partial charge in [0.2, 0.25) is 0 Å². The molecule has 2 N–H and O–H groups in total. The van der Waals surface area contributed by atoms with Gasteiger partial charge < -0.3 is 5.73 Å². The summed E-state index contributed by atoms with van der Waals surface area (Å²) in [5.41, 5.74) is 8.56. The zero-order valence-electron chi connectivity index (χ0n) is 11.6. The lowest BCUT2D eigenvalue weighted by atomic mass is 10.1. The molecule has 0 spiro atoms. The lowest BCUT2D eigenvalue weighted by molar-refractivity contribution is 0.346. The van der Waals surface area contributed by atoms with E-state index in [1.807, 2.05) is 18.2 Å². The van der Waals surface area contributed by atoms with Crippen LogP contribution in [0.15, 0.2) is 18.2 Å². The van der Waals surface area contributed by atoms with Crippen molar-refractivity contribution in [2.75, 3.05) is 18.8 Å². The Labute approximate surface area is 120 Å². The summed E-state index contributed by atoms with van der Waals surface area (Å²) in [7, 11) is -3.34. The van der Waals surface area contributed by atoms with E-state index in [1.165, 1.54) is 0 Å². The van der Waals surface area contributed by atoms with Gasteiger partial charge in [-0.3, -0.25) is 0 Å². The Morgan fingerprint density at radius 2 is 1.55 bits per heavy atom. The monoisotopic (exact) mass is 295 g/mol. The molecular formula is C14H21N3O2S. The predicted molar refractivity (Wildman–Crippen MR) is 79.1 cm³/mol. The van der Waals surface area contributed by atoms with Crippen LogP contribution in [0, 0.1) is 0 Å². The molecule has 2 aliphatic heterocycles. The fourth-order valence-electron chi connectivity index (χ4n) is 2.98. The summed E-state index contributed by atoms with van der Waals surface area (Å²) >= 11 is 0. The maximum atomic E-state index is 12.7. The summed E-state index contributed by atoms with van der Waals surface area (Å²) in [5, 5.41) is 0. The highest BCUT2D eigenvalue weighted by molar-refractivity contribution is 7.86. The largest absolute Gasteiger partial charge is 0.399 e. The van der Waals surface area contributed by atoms with Gasteiger partial charge in [-0.2, -0.15) is 17.0 Å². The van der Waals surface area contributed by atoms with Crippen molar-refractivity contribution in [3.63, 3.8) is 0 Å². The van der Waals surface area contributed by atoms with Gasteiger partial charge in [-0.25, -0.2) is 0 Å². The molecule has 0 atom stereocenters. The molecule has 0 saturated carbocycles. The van der Waals surface area contributed by atoms with Gasteiger partial charge in [0.1, 0.15) is 0 Å². The van der Waals surface area contributed by atoms with Crippen LogP contribution in [0.2, 0.25) is 0 Å². The van der Waals surface area contributed by atoms with Gasteiger partial charge in [0.15, 0.2) is 0 Å². The Morgan fingerprint density at radius 3 is 2.25 bits per heavy atom. The minimum atomic E-state index is -3.34. The van der Waals surface area contributed by atoms with Gasteiger partial charge >= 0.3 is 0 Å². The minimum Gasteiger partial charge on any atom is -0.399 e. The molecule has 3 rings (SSSR count). The third kappa shape index (κ3) is 2.55. The van der Waals surface area contributed by atoms with Crippen LogP contribution in [0.5, 0.6) is 0 Å². The quantitative estimate of drug-likeness (QED) is 0.845. The van der Waals surface area contributed by atoms with E-state index in [1.54, 1.807) is 8.61 Å². The molecule has 2 heterocycles. The van der Waals surface area contributed by atoms with E-state index in [0.29, 0.717) is 31.9 Å². The number of hydrogen-bond acceptors (Lipinski definition) is 3. The highest BCUT2D eigenvalue weighted by Gasteiger charge is 2.34. The van der Waals surface area contributed by atoms with Crippen LogP contribution in [-0.2, 0) is 23.3 Å². The van der Waals surface area contributed by atoms with E-state index < -0.39 is 10.2 Å². The molecule has 20 heavy (non-hydrogen) atoms. The van der Waals surface area contributed by atoms with Crippen molar-refractivity contribution < 1.29 is 8.42 Å². The van der Waals surface area contributed by atoms with Crippen molar-refractivity contribution in [2.45, 2.75) is 38.8 Å². The zero-order chi connectivity index (χ0) is 14.2. The zero-order valence-corrected chi connectivity index (χ0v) is 12.4. The Balaban J connectivity index is 1.80. The first-order valence-corrected chi connectivity index (χ1v) is 8.59. The third-order valence-corrected chi connectivity index (χ3v) is 6.07. The Morgan fingerprint density at radius 1 is 0.900 bits per heavy atom. The molecule has 6 heteroatoms. The molecule has 0 aromatic heterocycles. The molecule has 1 saturated heterocycles. The third-order valence-electron chi connectivity index (χ3n) is 4.14. The molecule has 0 radical (unpaired) electrons. The highest BCUT2D eigenvalue weighted by Crippen LogP contribution is 2.29. The molecule has 0 unspecified atom stereocenters. The lowest BCUT2D eigenvalue weighted by Gasteiger charge is -2.25. The summed E-state index contributed by atoms with van der Waals surface area (Å²) in [6, 6.07) is 5.65.